The van der Waals surface area contributed by atoms with Gasteiger partial charge in [-0.3, -0.25) is 9.59 Å². The Hall–Kier alpha value is -2.12. The lowest BCUT2D eigenvalue weighted by Crippen LogP contribution is -2.49. The molecule has 2 amide bonds. The first-order chi connectivity index (χ1) is 15.9. The minimum atomic E-state index is -0.488. The molecule has 1 aliphatic rings. The Labute approximate surface area is 205 Å². The molecule has 2 aromatic rings. The Kier molecular flexibility index (Phi) is 9.56. The van der Waals surface area contributed by atoms with Crippen molar-refractivity contribution in [3.05, 3.63) is 69.7 Å². The molecule has 0 radical (unpaired) electrons. The van der Waals surface area contributed by atoms with Crippen molar-refractivity contribution in [1.29, 1.82) is 0 Å². The van der Waals surface area contributed by atoms with Gasteiger partial charge in [0.05, 0.1) is 16.1 Å². The van der Waals surface area contributed by atoms with Crippen molar-refractivity contribution in [3.8, 4) is 0 Å². The van der Waals surface area contributed by atoms with E-state index in [1.165, 1.54) is 11.6 Å². The van der Waals surface area contributed by atoms with Crippen LogP contribution in [0.4, 0.5) is 0 Å². The quantitative estimate of drug-likeness (QED) is 0.497. The van der Waals surface area contributed by atoms with Crippen LogP contribution >= 0.6 is 23.2 Å². The molecule has 0 unspecified atom stereocenters. The summed E-state index contributed by atoms with van der Waals surface area (Å²) < 4.78 is 0. The van der Waals surface area contributed by atoms with Crippen LogP contribution in [0.5, 0.6) is 0 Å². The van der Waals surface area contributed by atoms with E-state index in [1.54, 1.807) is 12.1 Å². The first-order valence-corrected chi connectivity index (χ1v) is 12.1. The number of amides is 2. The summed E-state index contributed by atoms with van der Waals surface area (Å²) >= 11 is 12.0. The predicted molar refractivity (Wildman–Crippen MR) is 132 cm³/mol. The van der Waals surface area contributed by atoms with Gasteiger partial charge in [-0.15, -0.1) is 0 Å². The van der Waals surface area contributed by atoms with Gasteiger partial charge in [-0.05, 0) is 43.0 Å². The molecule has 1 saturated heterocycles. The molecule has 0 spiro atoms. The molecular weight excluding hydrogens is 461 g/mol. The van der Waals surface area contributed by atoms with Crippen molar-refractivity contribution in [3.63, 3.8) is 0 Å². The van der Waals surface area contributed by atoms with Crippen molar-refractivity contribution in [2.45, 2.75) is 44.2 Å². The van der Waals surface area contributed by atoms with Gasteiger partial charge < -0.3 is 20.6 Å². The molecule has 3 rings (SSSR count). The van der Waals surface area contributed by atoms with Crippen LogP contribution < -0.4 is 10.6 Å². The lowest BCUT2D eigenvalue weighted by molar-refractivity contribution is -0.133. The monoisotopic (exact) mass is 491 g/mol. The first-order valence-electron chi connectivity index (χ1n) is 11.4. The molecule has 6 nitrogen and oxygen atoms in total. The molecule has 0 aromatic heterocycles. The summed E-state index contributed by atoms with van der Waals surface area (Å²) in [6, 6.07) is 14.4. The highest BCUT2D eigenvalue weighted by Crippen LogP contribution is 2.24. The SMILES string of the molecule is CC[C@H](CN1CC[C@H](CNC(=O)c2ccc(Cl)c(Cl)c2)N[C@H](CCO)C1=O)c1ccccc1. The van der Waals surface area contributed by atoms with Crippen LogP contribution in [0.3, 0.4) is 0 Å². The van der Waals surface area contributed by atoms with Crippen LogP contribution in [0.2, 0.25) is 10.0 Å². The van der Waals surface area contributed by atoms with E-state index in [0.717, 1.165) is 6.42 Å². The average molecular weight is 492 g/mol. The number of carbonyl (C=O) groups is 2. The Morgan fingerprint density at radius 3 is 2.64 bits per heavy atom. The highest BCUT2D eigenvalue weighted by Gasteiger charge is 2.31. The molecule has 2 aromatic carbocycles. The van der Waals surface area contributed by atoms with Gasteiger partial charge in [-0.25, -0.2) is 0 Å². The smallest absolute Gasteiger partial charge is 0.251 e. The summed E-state index contributed by atoms with van der Waals surface area (Å²) in [5.74, 6) is -0.01000. The molecule has 0 bridgehead atoms. The summed E-state index contributed by atoms with van der Waals surface area (Å²) in [6.07, 6.45) is 1.95. The lowest BCUT2D eigenvalue weighted by Gasteiger charge is -2.28. The number of nitrogens with one attached hydrogen (secondary N) is 2. The van der Waals surface area contributed by atoms with Gasteiger partial charge in [0.1, 0.15) is 0 Å². The fourth-order valence-corrected chi connectivity index (χ4v) is 4.47. The minimum absolute atomic E-state index is 0.00302. The Morgan fingerprint density at radius 1 is 1.21 bits per heavy atom. The zero-order valence-corrected chi connectivity index (χ0v) is 20.3. The zero-order chi connectivity index (χ0) is 23.8. The summed E-state index contributed by atoms with van der Waals surface area (Å²) in [7, 11) is 0. The number of benzene rings is 2. The van der Waals surface area contributed by atoms with Crippen molar-refractivity contribution < 1.29 is 14.7 Å². The first kappa shape index (κ1) is 25.5. The Balaban J connectivity index is 1.65. The summed E-state index contributed by atoms with van der Waals surface area (Å²) in [4.78, 5) is 27.7. The molecule has 3 atom stereocenters. The van der Waals surface area contributed by atoms with Gasteiger partial charge in [-0.2, -0.15) is 0 Å². The molecule has 0 saturated carbocycles. The predicted octanol–water partition coefficient (Wildman–Crippen LogP) is 3.86. The molecule has 0 aliphatic carbocycles. The summed E-state index contributed by atoms with van der Waals surface area (Å²) in [5, 5.41) is 16.5. The third kappa shape index (κ3) is 6.93. The number of halogens is 2. The standard InChI is InChI=1S/C25H31Cl2N3O3/c1-2-17(18-6-4-3-5-7-18)16-30-12-10-20(29-23(11-13-31)25(30)33)15-28-24(32)19-8-9-21(26)22(27)14-19/h3-9,14,17,20,23,29,31H,2,10-13,15-16H2,1H3,(H,28,32)/t17-,20-,23-/m1/s1. The van der Waals surface area contributed by atoms with Gasteiger partial charge >= 0.3 is 0 Å². The van der Waals surface area contributed by atoms with Crippen LogP contribution in [0.25, 0.3) is 0 Å². The van der Waals surface area contributed by atoms with Crippen LogP contribution in [0.1, 0.15) is 48.0 Å². The molecule has 178 valence electrons. The van der Waals surface area contributed by atoms with Crippen LogP contribution in [-0.4, -0.2) is 60.1 Å². The van der Waals surface area contributed by atoms with E-state index in [-0.39, 0.29) is 30.4 Å². The van der Waals surface area contributed by atoms with Crippen LogP contribution in [0, 0.1) is 0 Å². The van der Waals surface area contributed by atoms with E-state index in [0.29, 0.717) is 48.1 Å². The molecule has 1 aliphatic heterocycles. The van der Waals surface area contributed by atoms with Gasteiger partial charge in [0.25, 0.3) is 5.91 Å². The number of carbonyl (C=O) groups excluding carboxylic acids is 2. The molecule has 33 heavy (non-hydrogen) atoms. The van der Waals surface area contributed by atoms with E-state index in [1.807, 2.05) is 23.1 Å². The number of hydrogen-bond donors (Lipinski definition) is 3. The van der Waals surface area contributed by atoms with Crippen molar-refractivity contribution in [1.82, 2.24) is 15.5 Å². The topological polar surface area (TPSA) is 81.7 Å². The fraction of sp³-hybridized carbons (Fsp3) is 0.440. The largest absolute Gasteiger partial charge is 0.396 e. The number of hydrogen-bond acceptors (Lipinski definition) is 4. The Bertz CT molecular complexity index is 942. The maximum Gasteiger partial charge on any atom is 0.251 e. The summed E-state index contributed by atoms with van der Waals surface area (Å²) in [6.45, 7) is 3.62. The average Bonchev–Trinajstić information content (AvgIpc) is 2.97. The van der Waals surface area contributed by atoms with Crippen LogP contribution in [-0.2, 0) is 4.79 Å². The van der Waals surface area contributed by atoms with E-state index in [2.05, 4.69) is 29.7 Å². The van der Waals surface area contributed by atoms with E-state index < -0.39 is 6.04 Å². The highest BCUT2D eigenvalue weighted by atomic mass is 35.5. The molecular formula is C25H31Cl2N3O3. The summed E-state index contributed by atoms with van der Waals surface area (Å²) in [5.41, 5.74) is 1.64. The number of aliphatic hydroxyl groups excluding tert-OH is 1. The second kappa shape index (κ2) is 12.4. The second-order valence-corrected chi connectivity index (χ2v) is 9.17. The van der Waals surface area contributed by atoms with Gasteiger partial charge in [0.2, 0.25) is 5.91 Å². The Morgan fingerprint density at radius 2 is 1.97 bits per heavy atom. The molecule has 8 heteroatoms. The number of aliphatic hydroxyl groups is 1. The van der Waals surface area contributed by atoms with Gasteiger partial charge in [0.15, 0.2) is 0 Å². The van der Waals surface area contributed by atoms with E-state index in [9.17, 15) is 14.7 Å². The van der Waals surface area contributed by atoms with Crippen molar-refractivity contribution >= 4 is 35.0 Å². The van der Waals surface area contributed by atoms with E-state index in [4.69, 9.17) is 23.2 Å². The van der Waals surface area contributed by atoms with Gasteiger partial charge in [-0.1, -0.05) is 60.5 Å². The maximum atomic E-state index is 13.2. The van der Waals surface area contributed by atoms with Crippen LogP contribution in [0.15, 0.2) is 48.5 Å². The molecule has 1 heterocycles. The fourth-order valence-electron chi connectivity index (χ4n) is 4.18. The van der Waals surface area contributed by atoms with Crippen molar-refractivity contribution in [2.75, 3.05) is 26.2 Å². The van der Waals surface area contributed by atoms with Gasteiger partial charge in [0, 0.05) is 43.8 Å². The molecule has 3 N–H and O–H groups in total. The highest BCUT2D eigenvalue weighted by molar-refractivity contribution is 6.42. The third-order valence-electron chi connectivity index (χ3n) is 6.11. The number of rotatable bonds is 9. The molecule has 1 fully saturated rings. The number of nitrogens with zero attached hydrogens (tertiary/aromatic N) is 1. The second-order valence-electron chi connectivity index (χ2n) is 8.36. The zero-order valence-electron chi connectivity index (χ0n) is 18.8. The normalized spacial score (nSPS) is 19.8. The lowest BCUT2D eigenvalue weighted by atomic mass is 9.95. The maximum absolute atomic E-state index is 13.2. The third-order valence-corrected chi connectivity index (χ3v) is 6.85. The van der Waals surface area contributed by atoms with Crippen molar-refractivity contribution in [2.24, 2.45) is 0 Å². The minimum Gasteiger partial charge on any atom is -0.396 e. The van der Waals surface area contributed by atoms with E-state index >= 15 is 0 Å².